The van der Waals surface area contributed by atoms with Crippen LogP contribution < -0.4 is 10.1 Å². The van der Waals surface area contributed by atoms with Gasteiger partial charge in [-0.2, -0.15) is 0 Å². The van der Waals surface area contributed by atoms with Crippen LogP contribution in [-0.4, -0.2) is 44.1 Å². The molecule has 1 aromatic rings. The first kappa shape index (κ1) is 15.8. The lowest BCUT2D eigenvalue weighted by atomic mass is 9.98. The van der Waals surface area contributed by atoms with E-state index in [-0.39, 0.29) is 5.91 Å². The second kappa shape index (κ2) is 8.03. The van der Waals surface area contributed by atoms with Crippen molar-refractivity contribution in [2.24, 2.45) is 0 Å². The van der Waals surface area contributed by atoms with Gasteiger partial charge in [0.2, 0.25) is 5.91 Å². The Hall–Kier alpha value is -1.55. The number of hydrogen-bond donors (Lipinski definition) is 1. The molecule has 2 rings (SSSR count). The molecule has 116 valence electrons. The minimum atomic E-state index is 0.251. The van der Waals surface area contributed by atoms with Gasteiger partial charge < -0.3 is 15.0 Å². The molecule has 1 atom stereocenters. The van der Waals surface area contributed by atoms with Crippen LogP contribution in [0.2, 0.25) is 0 Å². The van der Waals surface area contributed by atoms with Crippen molar-refractivity contribution in [3.63, 3.8) is 0 Å². The summed E-state index contributed by atoms with van der Waals surface area (Å²) in [7, 11) is 3.62. The van der Waals surface area contributed by atoms with Crippen molar-refractivity contribution in [3.05, 3.63) is 29.8 Å². The number of amides is 1. The van der Waals surface area contributed by atoms with E-state index >= 15 is 0 Å². The number of piperidine rings is 1. The van der Waals surface area contributed by atoms with Crippen molar-refractivity contribution in [2.45, 2.75) is 38.1 Å². The molecule has 0 saturated carbocycles. The maximum atomic E-state index is 12.6. The Morgan fingerprint density at radius 2 is 2.10 bits per heavy atom. The fourth-order valence-electron chi connectivity index (χ4n) is 2.96. The average Bonchev–Trinajstić information content (AvgIpc) is 2.54. The van der Waals surface area contributed by atoms with Crippen LogP contribution in [0, 0.1) is 0 Å². The molecule has 0 bridgehead atoms. The molecule has 1 aliphatic rings. The predicted molar refractivity (Wildman–Crippen MR) is 84.6 cm³/mol. The highest BCUT2D eigenvalue weighted by Gasteiger charge is 2.25. The highest BCUT2D eigenvalue weighted by Crippen LogP contribution is 2.21. The fourth-order valence-corrected chi connectivity index (χ4v) is 2.96. The third kappa shape index (κ3) is 4.46. The van der Waals surface area contributed by atoms with Crippen LogP contribution in [0.4, 0.5) is 0 Å². The third-order valence-electron chi connectivity index (χ3n) is 4.19. The Kier molecular flexibility index (Phi) is 6.05. The van der Waals surface area contributed by atoms with E-state index in [2.05, 4.69) is 10.2 Å². The molecule has 4 nitrogen and oxygen atoms in total. The quantitative estimate of drug-likeness (QED) is 0.873. The SMILES string of the molecule is CNCCC1CCCCN1C(=O)Cc1ccc(OC)cc1. The summed E-state index contributed by atoms with van der Waals surface area (Å²) < 4.78 is 5.15. The van der Waals surface area contributed by atoms with Crippen molar-refractivity contribution in [1.82, 2.24) is 10.2 Å². The van der Waals surface area contributed by atoms with Gasteiger partial charge in [0.25, 0.3) is 0 Å². The predicted octanol–water partition coefficient (Wildman–Crippen LogP) is 2.23. The molecule has 1 fully saturated rings. The molecule has 4 heteroatoms. The average molecular weight is 290 g/mol. The van der Waals surface area contributed by atoms with Crippen LogP contribution in [0.15, 0.2) is 24.3 Å². The van der Waals surface area contributed by atoms with Crippen LogP contribution in [0.1, 0.15) is 31.2 Å². The van der Waals surface area contributed by atoms with Crippen LogP contribution in [0.5, 0.6) is 5.75 Å². The van der Waals surface area contributed by atoms with E-state index < -0.39 is 0 Å². The lowest BCUT2D eigenvalue weighted by molar-refractivity contribution is -0.134. The standard InChI is InChI=1S/C17H26N2O2/c1-18-11-10-15-5-3-4-12-19(15)17(20)13-14-6-8-16(21-2)9-7-14/h6-9,15,18H,3-5,10-13H2,1-2H3. The van der Waals surface area contributed by atoms with Crippen molar-refractivity contribution >= 4 is 5.91 Å². The zero-order valence-electron chi connectivity index (χ0n) is 13.1. The van der Waals surface area contributed by atoms with Crippen LogP contribution in [0.25, 0.3) is 0 Å². The second-order valence-corrected chi connectivity index (χ2v) is 5.65. The minimum Gasteiger partial charge on any atom is -0.497 e. The number of carbonyl (C=O) groups is 1. The summed E-state index contributed by atoms with van der Waals surface area (Å²) in [5.74, 6) is 1.08. The number of likely N-dealkylation sites (tertiary alicyclic amines) is 1. The maximum absolute atomic E-state index is 12.6. The summed E-state index contributed by atoms with van der Waals surface area (Å²) in [6.45, 7) is 1.88. The molecule has 1 amide bonds. The van der Waals surface area contributed by atoms with Gasteiger partial charge in [0, 0.05) is 12.6 Å². The van der Waals surface area contributed by atoms with Gasteiger partial charge in [-0.15, -0.1) is 0 Å². The lowest BCUT2D eigenvalue weighted by Gasteiger charge is -2.36. The molecular weight excluding hydrogens is 264 g/mol. The summed E-state index contributed by atoms with van der Waals surface area (Å²) in [6.07, 6.45) is 5.03. The van der Waals surface area contributed by atoms with E-state index in [9.17, 15) is 4.79 Å². The Morgan fingerprint density at radius 1 is 1.33 bits per heavy atom. The van der Waals surface area contributed by atoms with Gasteiger partial charge in [-0.3, -0.25) is 4.79 Å². The molecule has 0 spiro atoms. The topological polar surface area (TPSA) is 41.6 Å². The number of carbonyl (C=O) groups excluding carboxylic acids is 1. The van der Waals surface area contributed by atoms with Crippen molar-refractivity contribution < 1.29 is 9.53 Å². The number of nitrogens with zero attached hydrogens (tertiary/aromatic N) is 1. The molecule has 1 aromatic carbocycles. The van der Waals surface area contributed by atoms with E-state index in [1.165, 1.54) is 6.42 Å². The maximum Gasteiger partial charge on any atom is 0.227 e. The lowest BCUT2D eigenvalue weighted by Crippen LogP contribution is -2.45. The zero-order chi connectivity index (χ0) is 15.1. The molecule has 1 saturated heterocycles. The van der Waals surface area contributed by atoms with Crippen LogP contribution in [-0.2, 0) is 11.2 Å². The van der Waals surface area contributed by atoms with Crippen LogP contribution >= 0.6 is 0 Å². The number of nitrogens with one attached hydrogen (secondary N) is 1. The summed E-state index contributed by atoms with van der Waals surface area (Å²) in [5.41, 5.74) is 1.05. The third-order valence-corrected chi connectivity index (χ3v) is 4.19. The van der Waals surface area contributed by atoms with Gasteiger partial charge in [0.05, 0.1) is 13.5 Å². The first-order valence-electron chi connectivity index (χ1n) is 7.81. The smallest absolute Gasteiger partial charge is 0.227 e. The number of methoxy groups -OCH3 is 1. The van der Waals surface area contributed by atoms with Gasteiger partial charge in [-0.05, 0) is 57.0 Å². The fraction of sp³-hybridized carbons (Fsp3) is 0.588. The minimum absolute atomic E-state index is 0.251. The Balaban J connectivity index is 1.95. The number of hydrogen-bond acceptors (Lipinski definition) is 3. The van der Waals surface area contributed by atoms with E-state index in [1.807, 2.05) is 31.3 Å². The summed E-state index contributed by atoms with van der Waals surface area (Å²) in [4.78, 5) is 14.7. The second-order valence-electron chi connectivity index (χ2n) is 5.65. The monoisotopic (exact) mass is 290 g/mol. The molecule has 1 heterocycles. The van der Waals surface area contributed by atoms with Gasteiger partial charge in [-0.1, -0.05) is 12.1 Å². The number of benzene rings is 1. The van der Waals surface area contributed by atoms with Gasteiger partial charge >= 0.3 is 0 Å². The number of ether oxygens (including phenoxy) is 1. The van der Waals surface area contributed by atoms with E-state index in [1.54, 1.807) is 7.11 Å². The Morgan fingerprint density at radius 3 is 2.76 bits per heavy atom. The summed E-state index contributed by atoms with van der Waals surface area (Å²) >= 11 is 0. The molecular formula is C17H26N2O2. The zero-order valence-corrected chi connectivity index (χ0v) is 13.1. The first-order chi connectivity index (χ1) is 10.2. The Labute approximate surface area is 127 Å². The van der Waals surface area contributed by atoms with E-state index in [0.717, 1.165) is 43.7 Å². The molecule has 1 aliphatic heterocycles. The molecule has 1 N–H and O–H groups in total. The Bertz CT molecular complexity index is 445. The molecule has 0 aromatic heterocycles. The van der Waals surface area contributed by atoms with Crippen LogP contribution in [0.3, 0.4) is 0 Å². The van der Waals surface area contributed by atoms with Crippen molar-refractivity contribution in [1.29, 1.82) is 0 Å². The van der Waals surface area contributed by atoms with E-state index in [0.29, 0.717) is 12.5 Å². The van der Waals surface area contributed by atoms with Gasteiger partial charge in [-0.25, -0.2) is 0 Å². The van der Waals surface area contributed by atoms with Crippen molar-refractivity contribution in [3.8, 4) is 5.75 Å². The highest BCUT2D eigenvalue weighted by atomic mass is 16.5. The van der Waals surface area contributed by atoms with Crippen molar-refractivity contribution in [2.75, 3.05) is 27.2 Å². The molecule has 0 aliphatic carbocycles. The number of rotatable bonds is 6. The summed E-state index contributed by atoms with van der Waals surface area (Å²) in [5, 5.41) is 3.18. The first-order valence-corrected chi connectivity index (χ1v) is 7.81. The molecule has 0 radical (unpaired) electrons. The molecule has 1 unspecified atom stereocenters. The van der Waals surface area contributed by atoms with Gasteiger partial charge in [0.15, 0.2) is 0 Å². The van der Waals surface area contributed by atoms with E-state index in [4.69, 9.17) is 4.74 Å². The normalized spacial score (nSPS) is 18.6. The molecule has 21 heavy (non-hydrogen) atoms. The largest absolute Gasteiger partial charge is 0.497 e. The summed E-state index contributed by atoms with van der Waals surface area (Å²) in [6, 6.07) is 8.18. The van der Waals surface area contributed by atoms with Gasteiger partial charge in [0.1, 0.15) is 5.75 Å². The highest BCUT2D eigenvalue weighted by molar-refractivity contribution is 5.79.